The minimum Gasteiger partial charge on any atom is -0.494 e. The lowest BCUT2D eigenvalue weighted by molar-refractivity contribution is 0.0285. The maximum atomic E-state index is 14.3. The van der Waals surface area contributed by atoms with E-state index in [1.54, 1.807) is 25.3 Å². The standard InChI is InChI=1S/C20H23F2NO2/c1-24-16-4-3-9-23(13-16)12-14-5-7-18(21)17(10-14)15-6-8-20(25-2)19(22)11-15/h5-8,10-11,16H,3-4,9,12-13H2,1-2H3. The fraction of sp³-hybridized carbons (Fsp3) is 0.400. The number of benzene rings is 2. The zero-order valence-electron chi connectivity index (χ0n) is 14.6. The Bertz CT molecular complexity index is 736. The van der Waals surface area contributed by atoms with Gasteiger partial charge in [0.25, 0.3) is 0 Å². The van der Waals surface area contributed by atoms with E-state index >= 15 is 0 Å². The number of hydrogen-bond donors (Lipinski definition) is 0. The Morgan fingerprint density at radius 1 is 1.08 bits per heavy atom. The van der Waals surface area contributed by atoms with Crippen molar-refractivity contribution in [3.8, 4) is 16.9 Å². The van der Waals surface area contributed by atoms with Gasteiger partial charge in [-0.3, -0.25) is 4.90 Å². The zero-order chi connectivity index (χ0) is 17.8. The Kier molecular flexibility index (Phi) is 5.66. The van der Waals surface area contributed by atoms with Crippen LogP contribution in [0.25, 0.3) is 11.1 Å². The van der Waals surface area contributed by atoms with Crippen molar-refractivity contribution in [2.75, 3.05) is 27.3 Å². The zero-order valence-corrected chi connectivity index (χ0v) is 14.6. The first-order valence-electron chi connectivity index (χ1n) is 8.48. The predicted molar refractivity (Wildman–Crippen MR) is 93.7 cm³/mol. The monoisotopic (exact) mass is 347 g/mol. The summed E-state index contributed by atoms with van der Waals surface area (Å²) < 4.78 is 38.6. The highest BCUT2D eigenvalue weighted by Gasteiger charge is 2.20. The van der Waals surface area contributed by atoms with Gasteiger partial charge in [0.15, 0.2) is 11.6 Å². The van der Waals surface area contributed by atoms with Gasteiger partial charge in [0.1, 0.15) is 5.82 Å². The van der Waals surface area contributed by atoms with Crippen LogP contribution in [0.2, 0.25) is 0 Å². The normalized spacial score (nSPS) is 18.3. The Balaban J connectivity index is 1.82. The summed E-state index contributed by atoms with van der Waals surface area (Å²) in [6.45, 7) is 2.61. The van der Waals surface area contributed by atoms with Gasteiger partial charge in [-0.05, 0) is 54.8 Å². The predicted octanol–water partition coefficient (Wildman–Crippen LogP) is 4.25. The van der Waals surface area contributed by atoms with E-state index in [2.05, 4.69) is 4.90 Å². The van der Waals surface area contributed by atoms with Crippen molar-refractivity contribution in [1.29, 1.82) is 0 Å². The molecule has 1 saturated heterocycles. The van der Waals surface area contributed by atoms with Crippen LogP contribution in [0.15, 0.2) is 36.4 Å². The SMILES string of the molecule is COc1ccc(-c2cc(CN3CCCC(OC)C3)ccc2F)cc1F. The van der Waals surface area contributed by atoms with Gasteiger partial charge in [0, 0.05) is 25.8 Å². The van der Waals surface area contributed by atoms with Crippen molar-refractivity contribution < 1.29 is 18.3 Å². The van der Waals surface area contributed by atoms with Crippen molar-refractivity contribution in [2.45, 2.75) is 25.5 Å². The van der Waals surface area contributed by atoms with Crippen molar-refractivity contribution in [3.63, 3.8) is 0 Å². The third-order valence-corrected chi connectivity index (χ3v) is 4.70. The van der Waals surface area contributed by atoms with Crippen LogP contribution < -0.4 is 4.74 Å². The molecule has 0 saturated carbocycles. The van der Waals surface area contributed by atoms with E-state index in [0.717, 1.165) is 38.0 Å². The molecule has 25 heavy (non-hydrogen) atoms. The highest BCUT2D eigenvalue weighted by Crippen LogP contribution is 2.29. The number of nitrogens with zero attached hydrogens (tertiary/aromatic N) is 1. The first-order valence-corrected chi connectivity index (χ1v) is 8.48. The van der Waals surface area contributed by atoms with E-state index < -0.39 is 5.82 Å². The average molecular weight is 347 g/mol. The molecule has 0 radical (unpaired) electrons. The Morgan fingerprint density at radius 3 is 2.64 bits per heavy atom. The molecule has 0 bridgehead atoms. The summed E-state index contributed by atoms with van der Waals surface area (Å²) in [6, 6.07) is 9.53. The van der Waals surface area contributed by atoms with Crippen molar-refractivity contribution in [3.05, 3.63) is 53.6 Å². The van der Waals surface area contributed by atoms with E-state index in [0.29, 0.717) is 11.1 Å². The van der Waals surface area contributed by atoms with Crippen LogP contribution in [-0.4, -0.2) is 38.3 Å². The molecule has 1 aliphatic heterocycles. The number of piperidine rings is 1. The molecule has 3 nitrogen and oxygen atoms in total. The number of likely N-dealkylation sites (tertiary alicyclic amines) is 1. The van der Waals surface area contributed by atoms with Gasteiger partial charge in [0.2, 0.25) is 0 Å². The molecule has 0 aromatic heterocycles. The van der Waals surface area contributed by atoms with Gasteiger partial charge in [0.05, 0.1) is 13.2 Å². The number of hydrogen-bond acceptors (Lipinski definition) is 3. The maximum absolute atomic E-state index is 14.3. The van der Waals surface area contributed by atoms with Gasteiger partial charge in [-0.2, -0.15) is 0 Å². The lowest BCUT2D eigenvalue weighted by Gasteiger charge is -2.32. The molecule has 0 N–H and O–H groups in total. The van der Waals surface area contributed by atoms with Crippen LogP contribution in [-0.2, 0) is 11.3 Å². The molecular weight excluding hydrogens is 324 g/mol. The molecule has 1 unspecified atom stereocenters. The van der Waals surface area contributed by atoms with Gasteiger partial charge >= 0.3 is 0 Å². The van der Waals surface area contributed by atoms with Crippen molar-refractivity contribution in [2.24, 2.45) is 0 Å². The van der Waals surface area contributed by atoms with Crippen molar-refractivity contribution >= 4 is 0 Å². The van der Waals surface area contributed by atoms with Crippen LogP contribution >= 0.6 is 0 Å². The third-order valence-electron chi connectivity index (χ3n) is 4.70. The number of rotatable bonds is 5. The Morgan fingerprint density at radius 2 is 1.92 bits per heavy atom. The lowest BCUT2D eigenvalue weighted by Crippen LogP contribution is -2.38. The number of ether oxygens (including phenoxy) is 2. The fourth-order valence-corrected chi connectivity index (χ4v) is 3.33. The summed E-state index contributed by atoms with van der Waals surface area (Å²) in [7, 11) is 3.15. The third kappa shape index (κ3) is 4.17. The molecule has 1 fully saturated rings. The van der Waals surface area contributed by atoms with Crippen LogP contribution in [0.4, 0.5) is 8.78 Å². The molecule has 1 heterocycles. The van der Waals surface area contributed by atoms with Crippen LogP contribution in [0.1, 0.15) is 18.4 Å². The molecule has 1 atom stereocenters. The lowest BCUT2D eigenvalue weighted by atomic mass is 10.0. The number of halogens is 2. The molecule has 2 aromatic carbocycles. The van der Waals surface area contributed by atoms with E-state index in [4.69, 9.17) is 9.47 Å². The maximum Gasteiger partial charge on any atom is 0.165 e. The molecule has 134 valence electrons. The average Bonchev–Trinajstić information content (AvgIpc) is 2.63. The fourth-order valence-electron chi connectivity index (χ4n) is 3.33. The van der Waals surface area contributed by atoms with E-state index in [9.17, 15) is 8.78 Å². The second-order valence-corrected chi connectivity index (χ2v) is 6.40. The molecular formula is C20H23F2NO2. The Hall–Kier alpha value is -1.98. The van der Waals surface area contributed by atoms with E-state index in [1.807, 2.05) is 0 Å². The molecule has 0 aliphatic carbocycles. The highest BCUT2D eigenvalue weighted by molar-refractivity contribution is 5.66. The summed E-state index contributed by atoms with van der Waals surface area (Å²) in [5.74, 6) is -0.704. The van der Waals surface area contributed by atoms with Gasteiger partial charge in [-0.25, -0.2) is 8.78 Å². The van der Waals surface area contributed by atoms with Crippen LogP contribution in [0.3, 0.4) is 0 Å². The largest absolute Gasteiger partial charge is 0.494 e. The van der Waals surface area contributed by atoms with Crippen LogP contribution in [0.5, 0.6) is 5.75 Å². The van der Waals surface area contributed by atoms with Gasteiger partial charge in [-0.1, -0.05) is 12.1 Å². The summed E-state index contributed by atoms with van der Waals surface area (Å²) in [5, 5.41) is 0. The van der Waals surface area contributed by atoms with E-state index in [-0.39, 0.29) is 17.7 Å². The van der Waals surface area contributed by atoms with Crippen molar-refractivity contribution in [1.82, 2.24) is 4.90 Å². The smallest absolute Gasteiger partial charge is 0.165 e. The summed E-state index contributed by atoms with van der Waals surface area (Å²) in [4.78, 5) is 2.31. The Labute approximate surface area is 147 Å². The number of methoxy groups -OCH3 is 2. The van der Waals surface area contributed by atoms with E-state index in [1.165, 1.54) is 25.3 Å². The molecule has 0 spiro atoms. The molecule has 0 amide bonds. The summed E-state index contributed by atoms with van der Waals surface area (Å²) in [6.07, 6.45) is 2.42. The van der Waals surface area contributed by atoms with Crippen LogP contribution in [0, 0.1) is 11.6 Å². The summed E-state index contributed by atoms with van der Waals surface area (Å²) >= 11 is 0. The first kappa shape index (κ1) is 17.8. The summed E-state index contributed by atoms with van der Waals surface area (Å²) in [5.41, 5.74) is 1.91. The molecule has 5 heteroatoms. The molecule has 2 aromatic rings. The minimum atomic E-state index is -0.497. The second kappa shape index (κ2) is 7.93. The second-order valence-electron chi connectivity index (χ2n) is 6.40. The minimum absolute atomic E-state index is 0.152. The van der Waals surface area contributed by atoms with Gasteiger partial charge in [-0.15, -0.1) is 0 Å². The molecule has 3 rings (SSSR count). The molecule has 1 aliphatic rings. The van der Waals surface area contributed by atoms with Gasteiger partial charge < -0.3 is 9.47 Å². The highest BCUT2D eigenvalue weighted by atomic mass is 19.1. The first-order chi connectivity index (χ1) is 12.1. The topological polar surface area (TPSA) is 21.7 Å². The quantitative estimate of drug-likeness (QED) is 0.807.